The molecule has 21 heavy (non-hydrogen) atoms. The molecule has 0 aliphatic heterocycles. The lowest BCUT2D eigenvalue weighted by molar-refractivity contribution is 0.333. The van der Waals surface area contributed by atoms with Crippen molar-refractivity contribution in [1.29, 1.82) is 0 Å². The van der Waals surface area contributed by atoms with E-state index in [2.05, 4.69) is 48.8 Å². The fourth-order valence-corrected chi connectivity index (χ4v) is 3.62. The SMILES string of the molecule is CCCNC(c1ccccc1OCC)c1sccc1CC. The van der Waals surface area contributed by atoms with Crippen LogP contribution in [-0.4, -0.2) is 13.2 Å². The molecule has 1 aromatic carbocycles. The van der Waals surface area contributed by atoms with E-state index in [1.807, 2.05) is 24.3 Å². The lowest BCUT2D eigenvalue weighted by atomic mass is 10.0. The number of hydrogen-bond acceptors (Lipinski definition) is 3. The average Bonchev–Trinajstić information content (AvgIpc) is 2.98. The maximum atomic E-state index is 5.83. The van der Waals surface area contributed by atoms with Crippen molar-refractivity contribution in [2.75, 3.05) is 13.2 Å². The Labute approximate surface area is 132 Å². The Balaban J connectivity index is 2.40. The van der Waals surface area contributed by atoms with Crippen molar-refractivity contribution in [2.24, 2.45) is 0 Å². The van der Waals surface area contributed by atoms with Crippen molar-refractivity contribution in [3.05, 3.63) is 51.7 Å². The first-order valence-electron chi connectivity index (χ1n) is 7.83. The molecule has 1 unspecified atom stereocenters. The quantitative estimate of drug-likeness (QED) is 0.756. The first-order chi connectivity index (χ1) is 10.3. The number of hydrogen-bond donors (Lipinski definition) is 1. The Hall–Kier alpha value is -1.32. The van der Waals surface area contributed by atoms with Gasteiger partial charge in [0.25, 0.3) is 0 Å². The van der Waals surface area contributed by atoms with Gasteiger partial charge < -0.3 is 10.1 Å². The zero-order chi connectivity index (χ0) is 15.1. The van der Waals surface area contributed by atoms with Crippen LogP contribution in [0.1, 0.15) is 49.2 Å². The molecular formula is C18H25NOS. The summed E-state index contributed by atoms with van der Waals surface area (Å²) in [4.78, 5) is 1.41. The molecule has 1 heterocycles. The summed E-state index contributed by atoms with van der Waals surface area (Å²) in [5.74, 6) is 0.990. The molecule has 0 fully saturated rings. The number of benzene rings is 1. The van der Waals surface area contributed by atoms with E-state index >= 15 is 0 Å². The normalized spacial score (nSPS) is 12.3. The highest BCUT2D eigenvalue weighted by atomic mass is 32.1. The van der Waals surface area contributed by atoms with Crippen molar-refractivity contribution in [1.82, 2.24) is 5.32 Å². The van der Waals surface area contributed by atoms with Crippen LogP contribution in [0.3, 0.4) is 0 Å². The van der Waals surface area contributed by atoms with Crippen LogP contribution < -0.4 is 10.1 Å². The largest absolute Gasteiger partial charge is 0.494 e. The van der Waals surface area contributed by atoms with E-state index in [-0.39, 0.29) is 6.04 Å². The standard InChI is InChI=1S/C18H25NOS/c1-4-12-19-17(18-14(5-2)11-13-21-18)15-9-7-8-10-16(15)20-6-3/h7-11,13,17,19H,4-6,12H2,1-3H3. The fourth-order valence-electron chi connectivity index (χ4n) is 2.53. The predicted octanol–water partition coefficient (Wildman–Crippen LogP) is 4.80. The van der Waals surface area contributed by atoms with Crippen LogP contribution in [0.2, 0.25) is 0 Å². The number of ether oxygens (including phenoxy) is 1. The van der Waals surface area contributed by atoms with Crippen molar-refractivity contribution in [2.45, 2.75) is 39.7 Å². The van der Waals surface area contributed by atoms with Gasteiger partial charge in [-0.2, -0.15) is 0 Å². The Kier molecular flexibility index (Phi) is 6.27. The summed E-state index contributed by atoms with van der Waals surface area (Å²) in [7, 11) is 0. The summed E-state index contributed by atoms with van der Waals surface area (Å²) in [5.41, 5.74) is 2.67. The van der Waals surface area contributed by atoms with E-state index in [9.17, 15) is 0 Å². The highest BCUT2D eigenvalue weighted by molar-refractivity contribution is 7.10. The first-order valence-corrected chi connectivity index (χ1v) is 8.71. The van der Waals surface area contributed by atoms with Crippen LogP contribution in [0.5, 0.6) is 5.75 Å². The van der Waals surface area contributed by atoms with E-state index < -0.39 is 0 Å². The minimum Gasteiger partial charge on any atom is -0.494 e. The number of aryl methyl sites for hydroxylation is 1. The van der Waals surface area contributed by atoms with Gasteiger partial charge in [0.05, 0.1) is 12.6 Å². The number of thiophene rings is 1. The molecule has 0 spiro atoms. The third kappa shape index (κ3) is 3.86. The average molecular weight is 303 g/mol. The first kappa shape index (κ1) is 16.1. The second-order valence-corrected chi connectivity index (χ2v) is 5.97. The lowest BCUT2D eigenvalue weighted by Gasteiger charge is -2.22. The van der Waals surface area contributed by atoms with Crippen LogP contribution in [0, 0.1) is 0 Å². The third-order valence-corrected chi connectivity index (χ3v) is 4.58. The second-order valence-electron chi connectivity index (χ2n) is 5.02. The highest BCUT2D eigenvalue weighted by Gasteiger charge is 2.20. The molecule has 2 rings (SSSR count). The van der Waals surface area contributed by atoms with Crippen LogP contribution in [0.25, 0.3) is 0 Å². The summed E-state index contributed by atoms with van der Waals surface area (Å²) in [6.07, 6.45) is 2.19. The van der Waals surface area contributed by atoms with Gasteiger partial charge in [-0.15, -0.1) is 11.3 Å². The molecule has 0 amide bonds. The van der Waals surface area contributed by atoms with Gasteiger partial charge in [0.2, 0.25) is 0 Å². The maximum Gasteiger partial charge on any atom is 0.124 e. The van der Waals surface area contributed by atoms with Crippen LogP contribution in [-0.2, 0) is 6.42 Å². The molecule has 1 N–H and O–H groups in total. The van der Waals surface area contributed by atoms with E-state index in [0.29, 0.717) is 6.61 Å². The molecule has 0 aliphatic carbocycles. The van der Waals surface area contributed by atoms with E-state index in [4.69, 9.17) is 4.74 Å². The molecule has 3 heteroatoms. The zero-order valence-electron chi connectivity index (χ0n) is 13.2. The minimum absolute atomic E-state index is 0.225. The van der Waals surface area contributed by atoms with Gasteiger partial charge in [-0.25, -0.2) is 0 Å². The maximum absolute atomic E-state index is 5.83. The monoisotopic (exact) mass is 303 g/mol. The molecule has 1 atom stereocenters. The Morgan fingerprint density at radius 3 is 2.67 bits per heavy atom. The Morgan fingerprint density at radius 2 is 1.95 bits per heavy atom. The van der Waals surface area contributed by atoms with Crippen molar-refractivity contribution >= 4 is 11.3 Å². The highest BCUT2D eigenvalue weighted by Crippen LogP contribution is 2.35. The molecule has 2 nitrogen and oxygen atoms in total. The molecular weight excluding hydrogens is 278 g/mol. The zero-order valence-corrected chi connectivity index (χ0v) is 14.0. The summed E-state index contributed by atoms with van der Waals surface area (Å²) in [6.45, 7) is 8.16. The van der Waals surface area contributed by atoms with Gasteiger partial charge in [0, 0.05) is 10.4 Å². The van der Waals surface area contributed by atoms with E-state index in [0.717, 1.165) is 25.1 Å². The van der Waals surface area contributed by atoms with E-state index in [1.165, 1.54) is 16.0 Å². The molecule has 0 aliphatic rings. The van der Waals surface area contributed by atoms with Gasteiger partial charge in [-0.05, 0) is 49.4 Å². The predicted molar refractivity (Wildman–Crippen MR) is 91.4 cm³/mol. The van der Waals surface area contributed by atoms with Crippen molar-refractivity contribution < 1.29 is 4.74 Å². The molecule has 0 saturated carbocycles. The molecule has 0 bridgehead atoms. The molecule has 1 aromatic heterocycles. The van der Waals surface area contributed by atoms with Crippen molar-refractivity contribution in [3.8, 4) is 5.75 Å². The second kappa shape index (κ2) is 8.20. The Bertz CT molecular complexity index is 550. The van der Waals surface area contributed by atoms with Gasteiger partial charge in [-0.1, -0.05) is 32.0 Å². The summed E-state index contributed by atoms with van der Waals surface area (Å²) < 4.78 is 5.83. The van der Waals surface area contributed by atoms with Gasteiger partial charge in [0.15, 0.2) is 0 Å². The van der Waals surface area contributed by atoms with Crippen molar-refractivity contribution in [3.63, 3.8) is 0 Å². The van der Waals surface area contributed by atoms with Crippen LogP contribution in [0.4, 0.5) is 0 Å². The third-order valence-electron chi connectivity index (χ3n) is 3.55. The minimum atomic E-state index is 0.225. The lowest BCUT2D eigenvalue weighted by Crippen LogP contribution is -2.23. The summed E-state index contributed by atoms with van der Waals surface area (Å²) in [5, 5.41) is 5.88. The van der Waals surface area contributed by atoms with Gasteiger partial charge in [-0.3, -0.25) is 0 Å². The summed E-state index contributed by atoms with van der Waals surface area (Å²) in [6, 6.07) is 10.8. The molecule has 0 saturated heterocycles. The fraction of sp³-hybridized carbons (Fsp3) is 0.444. The van der Waals surface area contributed by atoms with E-state index in [1.54, 1.807) is 0 Å². The number of para-hydroxylation sites is 1. The van der Waals surface area contributed by atoms with Crippen LogP contribution >= 0.6 is 11.3 Å². The summed E-state index contributed by atoms with van der Waals surface area (Å²) >= 11 is 1.84. The van der Waals surface area contributed by atoms with Gasteiger partial charge in [0.1, 0.15) is 5.75 Å². The Morgan fingerprint density at radius 1 is 1.14 bits per heavy atom. The topological polar surface area (TPSA) is 21.3 Å². The molecule has 114 valence electrons. The number of rotatable bonds is 8. The number of nitrogens with one attached hydrogen (secondary N) is 1. The van der Waals surface area contributed by atoms with Crippen LogP contribution in [0.15, 0.2) is 35.7 Å². The van der Waals surface area contributed by atoms with Gasteiger partial charge >= 0.3 is 0 Å². The molecule has 0 radical (unpaired) electrons. The smallest absolute Gasteiger partial charge is 0.124 e. The molecule has 2 aromatic rings.